The summed E-state index contributed by atoms with van der Waals surface area (Å²) >= 11 is 17.6. The van der Waals surface area contributed by atoms with Crippen LogP contribution in [0.5, 0.6) is 0 Å². The van der Waals surface area contributed by atoms with Gasteiger partial charge in [-0.2, -0.15) is 0 Å². The Hall–Kier alpha value is -0.000000000000000167. The second-order valence-electron chi connectivity index (χ2n) is 4.30. The summed E-state index contributed by atoms with van der Waals surface area (Å²) in [5.74, 6) is 0. The van der Waals surface area contributed by atoms with Crippen LogP contribution in [-0.2, 0) is 10.0 Å². The number of benzene rings is 1. The maximum absolute atomic E-state index is 12.2. The summed E-state index contributed by atoms with van der Waals surface area (Å²) in [6.45, 7) is 0. The molecule has 1 aromatic rings. The number of nitrogens with one attached hydrogen (secondary N) is 1. The van der Waals surface area contributed by atoms with Gasteiger partial charge in [-0.1, -0.05) is 47.6 Å². The third kappa shape index (κ3) is 3.11. The van der Waals surface area contributed by atoms with Crippen LogP contribution in [0.15, 0.2) is 17.0 Å². The largest absolute Gasteiger partial charge is 0.243 e. The minimum atomic E-state index is -3.69. The molecule has 0 aliphatic heterocycles. The summed E-state index contributed by atoms with van der Waals surface area (Å²) in [5.41, 5.74) is 0. The van der Waals surface area contributed by atoms with E-state index in [0.29, 0.717) is 5.02 Å². The molecule has 1 saturated carbocycles. The van der Waals surface area contributed by atoms with Gasteiger partial charge in [0.25, 0.3) is 0 Å². The van der Waals surface area contributed by atoms with E-state index < -0.39 is 10.0 Å². The van der Waals surface area contributed by atoms with E-state index in [2.05, 4.69) is 4.72 Å². The first-order valence-corrected chi connectivity index (χ1v) is 8.19. The third-order valence-electron chi connectivity index (χ3n) is 2.91. The molecule has 0 heterocycles. The second kappa shape index (κ2) is 5.55. The number of hydrogen-bond donors (Lipinski definition) is 1. The lowest BCUT2D eigenvalue weighted by Crippen LogP contribution is -2.33. The van der Waals surface area contributed by atoms with E-state index in [1.54, 1.807) is 0 Å². The first-order valence-electron chi connectivity index (χ1n) is 5.57. The molecule has 7 heteroatoms. The third-order valence-corrected chi connectivity index (χ3v) is 5.57. The fraction of sp³-hybridized carbons (Fsp3) is 0.455. The van der Waals surface area contributed by atoms with E-state index in [1.807, 2.05) is 0 Å². The Kier molecular flexibility index (Phi) is 4.44. The molecule has 1 aliphatic carbocycles. The van der Waals surface area contributed by atoms with Crippen molar-refractivity contribution >= 4 is 44.8 Å². The van der Waals surface area contributed by atoms with Gasteiger partial charge in [-0.3, -0.25) is 0 Å². The van der Waals surface area contributed by atoms with Crippen LogP contribution in [0, 0.1) is 0 Å². The average molecular weight is 329 g/mol. The molecular formula is C11H12Cl3NO2S. The SMILES string of the molecule is O=S(=O)(NC1CCCC1)c1c(Cl)cc(Cl)cc1Cl. The summed E-state index contributed by atoms with van der Waals surface area (Å²) in [6.07, 6.45) is 3.77. The molecule has 3 nitrogen and oxygen atoms in total. The summed E-state index contributed by atoms with van der Waals surface area (Å²) in [7, 11) is -3.69. The topological polar surface area (TPSA) is 46.2 Å². The highest BCUT2D eigenvalue weighted by atomic mass is 35.5. The second-order valence-corrected chi connectivity index (χ2v) is 7.20. The van der Waals surface area contributed by atoms with Gasteiger partial charge < -0.3 is 0 Å². The summed E-state index contributed by atoms with van der Waals surface area (Å²) < 4.78 is 27.1. The Morgan fingerprint density at radius 2 is 1.56 bits per heavy atom. The molecule has 0 spiro atoms. The monoisotopic (exact) mass is 327 g/mol. The van der Waals surface area contributed by atoms with Crippen molar-refractivity contribution in [1.82, 2.24) is 4.72 Å². The van der Waals surface area contributed by atoms with E-state index in [-0.39, 0.29) is 21.0 Å². The molecule has 1 aromatic carbocycles. The number of sulfonamides is 1. The molecule has 0 unspecified atom stereocenters. The van der Waals surface area contributed by atoms with Gasteiger partial charge in [0.2, 0.25) is 10.0 Å². The van der Waals surface area contributed by atoms with Crippen molar-refractivity contribution in [3.8, 4) is 0 Å². The molecule has 100 valence electrons. The highest BCUT2D eigenvalue weighted by Crippen LogP contribution is 2.33. The Morgan fingerprint density at radius 3 is 2.06 bits per heavy atom. The first kappa shape index (κ1) is 14.4. The molecule has 0 aromatic heterocycles. The van der Waals surface area contributed by atoms with Crippen molar-refractivity contribution in [2.75, 3.05) is 0 Å². The van der Waals surface area contributed by atoms with Crippen LogP contribution >= 0.6 is 34.8 Å². The molecule has 18 heavy (non-hydrogen) atoms. The molecular weight excluding hydrogens is 317 g/mol. The minimum absolute atomic E-state index is 0.0298. The van der Waals surface area contributed by atoms with Crippen molar-refractivity contribution in [2.24, 2.45) is 0 Å². The van der Waals surface area contributed by atoms with Gasteiger partial charge >= 0.3 is 0 Å². The highest BCUT2D eigenvalue weighted by Gasteiger charge is 2.27. The molecule has 1 aliphatic rings. The van der Waals surface area contributed by atoms with Crippen molar-refractivity contribution in [3.63, 3.8) is 0 Å². The highest BCUT2D eigenvalue weighted by molar-refractivity contribution is 7.89. The van der Waals surface area contributed by atoms with Crippen LogP contribution in [-0.4, -0.2) is 14.5 Å². The lowest BCUT2D eigenvalue weighted by atomic mass is 10.3. The summed E-state index contributed by atoms with van der Waals surface area (Å²) in [5, 5.41) is 0.390. The lowest BCUT2D eigenvalue weighted by Gasteiger charge is -2.14. The number of halogens is 3. The molecule has 0 radical (unpaired) electrons. The molecule has 1 fully saturated rings. The van der Waals surface area contributed by atoms with E-state index in [0.717, 1.165) is 25.7 Å². The summed E-state index contributed by atoms with van der Waals surface area (Å²) in [6, 6.07) is 2.72. The van der Waals surface area contributed by atoms with Gasteiger partial charge in [0.15, 0.2) is 0 Å². The van der Waals surface area contributed by atoms with Gasteiger partial charge in [-0.25, -0.2) is 13.1 Å². The first-order chi connectivity index (χ1) is 8.40. The molecule has 0 amide bonds. The zero-order valence-electron chi connectivity index (χ0n) is 9.42. The van der Waals surface area contributed by atoms with Crippen molar-refractivity contribution < 1.29 is 8.42 Å². The zero-order chi connectivity index (χ0) is 13.3. The van der Waals surface area contributed by atoms with Gasteiger partial charge in [0, 0.05) is 11.1 Å². The average Bonchev–Trinajstić information content (AvgIpc) is 2.66. The van der Waals surface area contributed by atoms with E-state index in [1.165, 1.54) is 12.1 Å². The van der Waals surface area contributed by atoms with E-state index in [9.17, 15) is 8.42 Å². The normalized spacial score (nSPS) is 17.3. The molecule has 1 N–H and O–H groups in total. The zero-order valence-corrected chi connectivity index (χ0v) is 12.5. The maximum Gasteiger partial charge on any atom is 0.243 e. The summed E-state index contributed by atoms with van der Waals surface area (Å²) in [4.78, 5) is -0.0952. The van der Waals surface area contributed by atoms with Crippen molar-refractivity contribution in [2.45, 2.75) is 36.6 Å². The van der Waals surface area contributed by atoms with Crippen LogP contribution < -0.4 is 4.72 Å². The Balaban J connectivity index is 2.34. The van der Waals surface area contributed by atoms with E-state index in [4.69, 9.17) is 34.8 Å². The number of rotatable bonds is 3. The molecule has 0 atom stereocenters. The van der Waals surface area contributed by atoms with Crippen molar-refractivity contribution in [3.05, 3.63) is 27.2 Å². The van der Waals surface area contributed by atoms with Crippen LogP contribution in [0.4, 0.5) is 0 Å². The molecule has 0 saturated heterocycles. The lowest BCUT2D eigenvalue weighted by molar-refractivity contribution is 0.552. The number of hydrogen-bond acceptors (Lipinski definition) is 2. The Labute approximate surface area is 121 Å². The fourth-order valence-electron chi connectivity index (χ4n) is 2.11. The standard InChI is InChI=1S/C11H12Cl3NO2S/c12-7-5-9(13)11(10(14)6-7)18(16,17)15-8-3-1-2-4-8/h5-6,8,15H,1-4H2. The minimum Gasteiger partial charge on any atom is -0.208 e. The smallest absolute Gasteiger partial charge is 0.208 e. The van der Waals surface area contributed by atoms with Crippen LogP contribution in [0.3, 0.4) is 0 Å². The quantitative estimate of drug-likeness (QED) is 0.915. The van der Waals surface area contributed by atoms with Gasteiger partial charge in [0.1, 0.15) is 4.90 Å². The Bertz CT molecular complexity index is 530. The van der Waals surface area contributed by atoms with Gasteiger partial charge in [-0.15, -0.1) is 0 Å². The molecule has 2 rings (SSSR count). The van der Waals surface area contributed by atoms with Crippen LogP contribution in [0.2, 0.25) is 15.1 Å². The fourth-order valence-corrected chi connectivity index (χ4v) is 4.96. The van der Waals surface area contributed by atoms with Gasteiger partial charge in [0.05, 0.1) is 10.0 Å². The Morgan fingerprint density at radius 1 is 1.06 bits per heavy atom. The van der Waals surface area contributed by atoms with Crippen LogP contribution in [0.25, 0.3) is 0 Å². The van der Waals surface area contributed by atoms with E-state index >= 15 is 0 Å². The predicted molar refractivity (Wildman–Crippen MR) is 74.0 cm³/mol. The molecule has 0 bridgehead atoms. The maximum atomic E-state index is 12.2. The van der Waals surface area contributed by atoms with Gasteiger partial charge in [-0.05, 0) is 25.0 Å². The van der Waals surface area contributed by atoms with Crippen LogP contribution in [0.1, 0.15) is 25.7 Å². The van der Waals surface area contributed by atoms with Crippen molar-refractivity contribution in [1.29, 1.82) is 0 Å². The predicted octanol–water partition coefficient (Wildman–Crippen LogP) is 3.87.